The number of methoxy groups -OCH3 is 2. The minimum absolute atomic E-state index is 0.309. The van der Waals surface area contributed by atoms with E-state index in [0.29, 0.717) is 12.0 Å². The van der Waals surface area contributed by atoms with Gasteiger partial charge in [0.05, 0.1) is 14.2 Å². The molecule has 118 valence electrons. The first-order valence-corrected chi connectivity index (χ1v) is 8.20. The summed E-state index contributed by atoms with van der Waals surface area (Å²) in [5.74, 6) is 2.17. The smallest absolute Gasteiger partial charge is 0.166 e. The van der Waals surface area contributed by atoms with Crippen LogP contribution < -0.4 is 15.2 Å². The molecule has 1 saturated heterocycles. The predicted octanol–water partition coefficient (Wildman–Crippen LogP) is 2.98. The Hall–Kier alpha value is -0.780. The van der Waals surface area contributed by atoms with Gasteiger partial charge in [-0.1, -0.05) is 22.9 Å². The number of nitrogens with zero attached hydrogens (tertiary/aromatic N) is 1. The fourth-order valence-electron chi connectivity index (χ4n) is 3.22. The molecule has 0 bridgehead atoms. The van der Waals surface area contributed by atoms with Gasteiger partial charge in [-0.05, 0) is 44.0 Å². The average Bonchev–Trinajstić information content (AvgIpc) is 2.87. The van der Waals surface area contributed by atoms with E-state index in [-0.39, 0.29) is 0 Å². The molecule has 1 heterocycles. The fraction of sp³-hybridized carbons (Fsp3) is 0.625. The molecule has 4 nitrogen and oxygen atoms in total. The van der Waals surface area contributed by atoms with Gasteiger partial charge in [-0.2, -0.15) is 0 Å². The molecule has 2 atom stereocenters. The highest BCUT2D eigenvalue weighted by Crippen LogP contribution is 2.47. The third-order valence-electron chi connectivity index (χ3n) is 4.40. The molecule has 0 saturated carbocycles. The van der Waals surface area contributed by atoms with Gasteiger partial charge < -0.3 is 15.2 Å². The van der Waals surface area contributed by atoms with Gasteiger partial charge in [0.2, 0.25) is 0 Å². The van der Waals surface area contributed by atoms with Crippen LogP contribution in [0.5, 0.6) is 11.5 Å². The fourth-order valence-corrected chi connectivity index (χ4v) is 4.06. The number of hydrogen-bond acceptors (Lipinski definition) is 4. The van der Waals surface area contributed by atoms with Crippen LogP contribution in [0.3, 0.4) is 0 Å². The van der Waals surface area contributed by atoms with Crippen molar-refractivity contribution in [2.75, 3.05) is 34.4 Å². The summed E-state index contributed by atoms with van der Waals surface area (Å²) in [6, 6.07) is 2.37. The van der Waals surface area contributed by atoms with Crippen molar-refractivity contribution in [3.8, 4) is 11.5 Å². The van der Waals surface area contributed by atoms with Gasteiger partial charge >= 0.3 is 0 Å². The quantitative estimate of drug-likeness (QED) is 0.880. The summed E-state index contributed by atoms with van der Waals surface area (Å²) >= 11 is 3.78. The van der Waals surface area contributed by atoms with Gasteiger partial charge in [-0.25, -0.2) is 0 Å². The summed E-state index contributed by atoms with van der Waals surface area (Å²) in [4.78, 5) is 2.36. The van der Waals surface area contributed by atoms with Crippen LogP contribution in [0, 0.1) is 5.92 Å². The molecule has 1 aliphatic rings. The zero-order chi connectivity index (χ0) is 15.6. The Kier molecular flexibility index (Phi) is 5.52. The molecular formula is C16H25BrN2O2. The third kappa shape index (κ3) is 3.05. The van der Waals surface area contributed by atoms with Crippen LogP contribution in [0.1, 0.15) is 30.5 Å². The zero-order valence-electron chi connectivity index (χ0n) is 13.3. The minimum atomic E-state index is 0.309. The Bertz CT molecular complexity index is 508. The highest BCUT2D eigenvalue weighted by atomic mass is 79.9. The first kappa shape index (κ1) is 16.6. The number of halogens is 1. The summed E-state index contributed by atoms with van der Waals surface area (Å²) < 4.78 is 12.3. The van der Waals surface area contributed by atoms with E-state index >= 15 is 0 Å². The first-order valence-electron chi connectivity index (χ1n) is 7.40. The van der Waals surface area contributed by atoms with Crippen molar-refractivity contribution in [1.82, 2.24) is 4.90 Å². The van der Waals surface area contributed by atoms with Crippen molar-refractivity contribution >= 4 is 15.9 Å². The van der Waals surface area contributed by atoms with Gasteiger partial charge in [-0.15, -0.1) is 0 Å². The van der Waals surface area contributed by atoms with E-state index in [0.717, 1.165) is 41.9 Å². The molecule has 0 radical (unpaired) electrons. The highest BCUT2D eigenvalue weighted by molar-refractivity contribution is 9.10. The number of aryl methyl sites for hydroxylation is 1. The second-order valence-electron chi connectivity index (χ2n) is 5.65. The molecule has 1 aromatic rings. The van der Waals surface area contributed by atoms with Crippen molar-refractivity contribution < 1.29 is 9.47 Å². The lowest BCUT2D eigenvalue weighted by molar-refractivity contribution is 0.294. The van der Waals surface area contributed by atoms with Crippen LogP contribution in [0.15, 0.2) is 10.5 Å². The van der Waals surface area contributed by atoms with Crippen LogP contribution in [0.25, 0.3) is 0 Å². The minimum Gasteiger partial charge on any atom is -0.493 e. The molecule has 21 heavy (non-hydrogen) atoms. The second kappa shape index (κ2) is 6.99. The van der Waals surface area contributed by atoms with Crippen molar-refractivity contribution in [1.29, 1.82) is 0 Å². The largest absolute Gasteiger partial charge is 0.493 e. The molecule has 1 aliphatic heterocycles. The summed E-state index contributed by atoms with van der Waals surface area (Å²) in [5, 5.41) is 0. The molecule has 1 aromatic carbocycles. The van der Waals surface area contributed by atoms with Gasteiger partial charge in [0.1, 0.15) is 0 Å². The Morgan fingerprint density at radius 3 is 2.57 bits per heavy atom. The number of benzene rings is 1. The van der Waals surface area contributed by atoms with E-state index in [4.69, 9.17) is 15.2 Å². The van der Waals surface area contributed by atoms with Crippen LogP contribution in [-0.4, -0.2) is 39.3 Å². The number of hydrogen-bond donors (Lipinski definition) is 1. The van der Waals surface area contributed by atoms with E-state index in [1.807, 2.05) is 0 Å². The van der Waals surface area contributed by atoms with Crippen LogP contribution in [0.2, 0.25) is 0 Å². The lowest BCUT2D eigenvalue weighted by Gasteiger charge is -2.25. The molecule has 2 unspecified atom stereocenters. The van der Waals surface area contributed by atoms with Crippen molar-refractivity contribution in [3.05, 3.63) is 21.7 Å². The number of nitrogens with two attached hydrogens (primary N) is 1. The van der Waals surface area contributed by atoms with Crippen molar-refractivity contribution in [2.45, 2.75) is 25.8 Å². The van der Waals surface area contributed by atoms with Crippen molar-refractivity contribution in [3.63, 3.8) is 0 Å². The SMILES string of the molecule is CCc1cc(OC)c(OC)c(C2CC(CN)CN2C)c1Br. The maximum absolute atomic E-state index is 5.86. The number of rotatable bonds is 5. The number of likely N-dealkylation sites (tertiary alicyclic amines) is 1. The molecule has 0 aliphatic carbocycles. The molecular weight excluding hydrogens is 332 g/mol. The molecule has 0 aromatic heterocycles. The van der Waals surface area contributed by atoms with Gasteiger partial charge in [0.15, 0.2) is 11.5 Å². The monoisotopic (exact) mass is 356 g/mol. The topological polar surface area (TPSA) is 47.7 Å². The van der Waals surface area contributed by atoms with Gasteiger partial charge in [0, 0.05) is 22.6 Å². The summed E-state index contributed by atoms with van der Waals surface area (Å²) in [6.45, 7) is 3.90. The number of ether oxygens (including phenoxy) is 2. The zero-order valence-corrected chi connectivity index (χ0v) is 14.9. The Morgan fingerprint density at radius 1 is 1.38 bits per heavy atom. The Morgan fingerprint density at radius 2 is 2.10 bits per heavy atom. The Balaban J connectivity index is 2.55. The van der Waals surface area contributed by atoms with Crippen LogP contribution in [-0.2, 0) is 6.42 Å². The molecule has 0 spiro atoms. The standard InChI is InChI=1S/C16H25BrN2O2/c1-5-11-7-13(20-3)16(21-4)14(15(11)17)12-6-10(8-18)9-19(12)2/h7,10,12H,5-6,8-9,18H2,1-4H3. The normalized spacial score (nSPS) is 22.6. The lowest BCUT2D eigenvalue weighted by Crippen LogP contribution is -2.21. The second-order valence-corrected chi connectivity index (χ2v) is 6.44. The molecule has 2 N–H and O–H groups in total. The molecule has 0 amide bonds. The van der Waals surface area contributed by atoms with E-state index in [1.54, 1.807) is 14.2 Å². The lowest BCUT2D eigenvalue weighted by atomic mass is 9.96. The van der Waals surface area contributed by atoms with Gasteiger partial charge in [0.25, 0.3) is 0 Å². The average molecular weight is 357 g/mol. The summed E-state index contributed by atoms with van der Waals surface area (Å²) in [7, 11) is 5.54. The highest BCUT2D eigenvalue weighted by Gasteiger charge is 2.34. The summed E-state index contributed by atoms with van der Waals surface area (Å²) in [6.07, 6.45) is 2.00. The Labute approximate surface area is 135 Å². The molecule has 1 fully saturated rings. The van der Waals surface area contributed by atoms with E-state index in [9.17, 15) is 0 Å². The first-order chi connectivity index (χ1) is 10.1. The van der Waals surface area contributed by atoms with E-state index in [2.05, 4.69) is 40.9 Å². The molecule has 2 rings (SSSR count). The maximum Gasteiger partial charge on any atom is 0.166 e. The van der Waals surface area contributed by atoms with Crippen LogP contribution >= 0.6 is 15.9 Å². The molecule has 5 heteroatoms. The third-order valence-corrected chi connectivity index (χ3v) is 5.33. The maximum atomic E-state index is 5.86. The van der Waals surface area contributed by atoms with E-state index in [1.165, 1.54) is 11.1 Å². The predicted molar refractivity (Wildman–Crippen MR) is 89.2 cm³/mol. The van der Waals surface area contributed by atoms with Crippen molar-refractivity contribution in [2.24, 2.45) is 11.7 Å². The van der Waals surface area contributed by atoms with E-state index < -0.39 is 0 Å². The van der Waals surface area contributed by atoms with Crippen LogP contribution in [0.4, 0.5) is 0 Å². The summed E-state index contributed by atoms with van der Waals surface area (Å²) in [5.41, 5.74) is 8.29. The van der Waals surface area contributed by atoms with Gasteiger partial charge in [-0.3, -0.25) is 4.90 Å².